The second-order valence-corrected chi connectivity index (χ2v) is 7.37. The molecule has 4 rings (SSSR count). The van der Waals surface area contributed by atoms with Crippen molar-refractivity contribution in [1.82, 2.24) is 25.1 Å². The third-order valence-electron chi connectivity index (χ3n) is 4.33. The molecule has 3 heterocycles. The first-order valence-corrected chi connectivity index (χ1v) is 10.7. The van der Waals surface area contributed by atoms with Crippen molar-refractivity contribution in [1.29, 1.82) is 0 Å². The minimum atomic E-state index is -0.128. The van der Waals surface area contributed by atoms with Crippen LogP contribution in [0.1, 0.15) is 12.7 Å². The number of nitrogens with zero attached hydrogens (tertiary/aromatic N) is 4. The van der Waals surface area contributed by atoms with Gasteiger partial charge >= 0.3 is 0 Å². The molecule has 0 atom stereocenters. The molecule has 0 fully saturated rings. The lowest BCUT2D eigenvalue weighted by Crippen LogP contribution is -2.24. The highest BCUT2D eigenvalue weighted by molar-refractivity contribution is 7.99. The zero-order chi connectivity index (χ0) is 21.5. The van der Waals surface area contributed by atoms with Gasteiger partial charge in [-0.25, -0.2) is 0 Å². The maximum Gasteiger partial charge on any atom is 0.230 e. The predicted molar refractivity (Wildman–Crippen MR) is 117 cm³/mol. The normalized spacial score (nSPS) is 10.7. The monoisotopic (exact) mass is 435 g/mol. The first-order valence-electron chi connectivity index (χ1n) is 9.76. The van der Waals surface area contributed by atoms with Crippen LogP contribution in [0.5, 0.6) is 5.75 Å². The lowest BCUT2D eigenvalue weighted by molar-refractivity contribution is -0.118. The molecule has 4 aromatic rings. The number of nitrogens with one attached hydrogen (secondary N) is 1. The van der Waals surface area contributed by atoms with Crippen LogP contribution in [0.25, 0.3) is 17.1 Å². The number of amides is 1. The molecule has 0 saturated heterocycles. The van der Waals surface area contributed by atoms with Gasteiger partial charge in [0.25, 0.3) is 0 Å². The number of carbonyl (C=O) groups is 1. The van der Waals surface area contributed by atoms with E-state index in [4.69, 9.17) is 9.15 Å². The SMILES string of the molecule is CCOc1ccccc1-n1c(SCC(=O)NCc2ccco2)nnc1-c1cccnc1. The van der Waals surface area contributed by atoms with Crippen molar-refractivity contribution in [2.45, 2.75) is 18.6 Å². The molecule has 0 unspecified atom stereocenters. The van der Waals surface area contributed by atoms with Gasteiger partial charge in [-0.05, 0) is 43.3 Å². The summed E-state index contributed by atoms with van der Waals surface area (Å²) in [6.45, 7) is 2.80. The summed E-state index contributed by atoms with van der Waals surface area (Å²) in [4.78, 5) is 16.5. The Kier molecular flexibility index (Phi) is 6.63. The van der Waals surface area contributed by atoms with Crippen molar-refractivity contribution in [2.24, 2.45) is 0 Å². The molecule has 0 aliphatic heterocycles. The highest BCUT2D eigenvalue weighted by Gasteiger charge is 2.20. The molecular weight excluding hydrogens is 414 g/mol. The molecule has 1 aromatic carbocycles. The molecule has 8 nitrogen and oxygen atoms in total. The van der Waals surface area contributed by atoms with E-state index in [1.165, 1.54) is 11.8 Å². The zero-order valence-corrected chi connectivity index (χ0v) is 17.7. The third kappa shape index (κ3) is 4.95. The summed E-state index contributed by atoms with van der Waals surface area (Å²) in [5.74, 6) is 2.09. The van der Waals surface area contributed by atoms with Gasteiger partial charge in [0.2, 0.25) is 5.91 Å². The highest BCUT2D eigenvalue weighted by atomic mass is 32.2. The number of hydrogen-bond acceptors (Lipinski definition) is 7. The smallest absolute Gasteiger partial charge is 0.230 e. The Balaban J connectivity index is 1.61. The predicted octanol–water partition coefficient (Wildman–Crippen LogP) is 3.73. The Bertz CT molecular complexity index is 1130. The van der Waals surface area contributed by atoms with E-state index in [0.717, 1.165) is 11.3 Å². The van der Waals surface area contributed by atoms with Crippen molar-refractivity contribution in [3.8, 4) is 22.8 Å². The van der Waals surface area contributed by atoms with E-state index in [-0.39, 0.29) is 11.7 Å². The second kappa shape index (κ2) is 9.94. The summed E-state index contributed by atoms with van der Waals surface area (Å²) in [6, 6.07) is 15.0. The van der Waals surface area contributed by atoms with E-state index in [1.807, 2.05) is 54.0 Å². The summed E-state index contributed by atoms with van der Waals surface area (Å²) >= 11 is 1.30. The third-order valence-corrected chi connectivity index (χ3v) is 5.26. The molecule has 0 radical (unpaired) electrons. The van der Waals surface area contributed by atoms with Gasteiger partial charge in [0.05, 0.1) is 30.9 Å². The highest BCUT2D eigenvalue weighted by Crippen LogP contribution is 2.32. The topological polar surface area (TPSA) is 95.1 Å². The van der Waals surface area contributed by atoms with E-state index < -0.39 is 0 Å². The molecular formula is C22H21N5O3S. The molecule has 0 aliphatic rings. The zero-order valence-electron chi connectivity index (χ0n) is 16.9. The number of carbonyl (C=O) groups excluding carboxylic acids is 1. The molecule has 0 spiro atoms. The Morgan fingerprint density at radius 3 is 2.84 bits per heavy atom. The molecule has 0 bridgehead atoms. The van der Waals surface area contributed by atoms with E-state index in [9.17, 15) is 4.79 Å². The maximum absolute atomic E-state index is 12.3. The molecule has 31 heavy (non-hydrogen) atoms. The first kappa shape index (κ1) is 20.7. The number of aromatic nitrogens is 4. The molecule has 3 aromatic heterocycles. The van der Waals surface area contributed by atoms with Crippen LogP contribution in [-0.2, 0) is 11.3 Å². The number of ether oxygens (including phenoxy) is 1. The summed E-state index contributed by atoms with van der Waals surface area (Å²) in [6.07, 6.45) is 5.01. The number of benzene rings is 1. The van der Waals surface area contributed by atoms with Gasteiger partial charge in [0, 0.05) is 18.0 Å². The van der Waals surface area contributed by atoms with Gasteiger partial charge in [0.15, 0.2) is 11.0 Å². The van der Waals surface area contributed by atoms with Gasteiger partial charge < -0.3 is 14.5 Å². The molecule has 158 valence electrons. The fraction of sp³-hybridized carbons (Fsp3) is 0.182. The first-order chi connectivity index (χ1) is 15.3. The van der Waals surface area contributed by atoms with Crippen LogP contribution >= 0.6 is 11.8 Å². The minimum Gasteiger partial charge on any atom is -0.492 e. The van der Waals surface area contributed by atoms with Gasteiger partial charge in [-0.1, -0.05) is 23.9 Å². The molecule has 1 N–H and O–H groups in total. The Labute approximate surface area is 183 Å². The molecule has 0 saturated carbocycles. The number of furan rings is 1. The fourth-order valence-electron chi connectivity index (χ4n) is 2.96. The Morgan fingerprint density at radius 2 is 2.06 bits per heavy atom. The molecule has 1 amide bonds. The van der Waals surface area contributed by atoms with Gasteiger partial charge in [-0.2, -0.15) is 0 Å². The van der Waals surface area contributed by atoms with E-state index in [0.29, 0.717) is 35.6 Å². The van der Waals surface area contributed by atoms with Crippen molar-refractivity contribution in [3.05, 3.63) is 72.9 Å². The Morgan fingerprint density at radius 1 is 1.16 bits per heavy atom. The van der Waals surface area contributed by atoms with Crippen molar-refractivity contribution in [3.63, 3.8) is 0 Å². The van der Waals surface area contributed by atoms with Crippen LogP contribution in [-0.4, -0.2) is 38.0 Å². The quantitative estimate of drug-likeness (QED) is 0.400. The standard InChI is InChI=1S/C22H21N5O3S/c1-2-29-19-10-4-3-9-18(19)27-21(16-7-5-11-23-13-16)25-26-22(27)31-15-20(28)24-14-17-8-6-12-30-17/h3-13H,2,14-15H2,1H3,(H,24,28). The average molecular weight is 436 g/mol. The van der Waals surface area contributed by atoms with Crippen molar-refractivity contribution in [2.75, 3.05) is 12.4 Å². The van der Waals surface area contributed by atoms with Crippen LogP contribution in [0.2, 0.25) is 0 Å². The van der Waals surface area contributed by atoms with Crippen LogP contribution in [0.15, 0.2) is 76.8 Å². The summed E-state index contributed by atoms with van der Waals surface area (Å²) < 4.78 is 13.0. The number of pyridine rings is 1. The van der Waals surface area contributed by atoms with Crippen molar-refractivity contribution < 1.29 is 13.9 Å². The van der Waals surface area contributed by atoms with Crippen LogP contribution in [0.4, 0.5) is 0 Å². The molecule has 9 heteroatoms. The van der Waals surface area contributed by atoms with Crippen LogP contribution in [0, 0.1) is 0 Å². The minimum absolute atomic E-state index is 0.128. The fourth-order valence-corrected chi connectivity index (χ4v) is 3.74. The number of rotatable bonds is 9. The van der Waals surface area contributed by atoms with Crippen molar-refractivity contribution >= 4 is 17.7 Å². The van der Waals surface area contributed by atoms with Crippen LogP contribution < -0.4 is 10.1 Å². The van der Waals surface area contributed by atoms with Crippen LogP contribution in [0.3, 0.4) is 0 Å². The van der Waals surface area contributed by atoms with Gasteiger partial charge in [-0.3, -0.25) is 14.3 Å². The second-order valence-electron chi connectivity index (χ2n) is 6.43. The van der Waals surface area contributed by atoms with Gasteiger partial charge in [-0.15, -0.1) is 10.2 Å². The lowest BCUT2D eigenvalue weighted by atomic mass is 10.2. The Hall–Kier alpha value is -3.59. The maximum atomic E-state index is 12.3. The van der Waals surface area contributed by atoms with E-state index in [2.05, 4.69) is 20.5 Å². The number of para-hydroxylation sites is 2. The summed E-state index contributed by atoms with van der Waals surface area (Å²) in [5, 5.41) is 12.1. The summed E-state index contributed by atoms with van der Waals surface area (Å²) in [7, 11) is 0. The van der Waals surface area contributed by atoms with E-state index in [1.54, 1.807) is 24.7 Å². The van der Waals surface area contributed by atoms with E-state index >= 15 is 0 Å². The van der Waals surface area contributed by atoms with Gasteiger partial charge in [0.1, 0.15) is 11.5 Å². The number of thioether (sulfide) groups is 1. The average Bonchev–Trinajstić information content (AvgIpc) is 3.47. The largest absolute Gasteiger partial charge is 0.492 e. The molecule has 0 aliphatic carbocycles. The number of hydrogen-bond donors (Lipinski definition) is 1. The summed E-state index contributed by atoms with van der Waals surface area (Å²) in [5.41, 5.74) is 1.61. The lowest BCUT2D eigenvalue weighted by Gasteiger charge is -2.14.